The minimum atomic E-state index is -2.45. The number of aliphatic hydroxyl groups is 1. The summed E-state index contributed by atoms with van der Waals surface area (Å²) in [6.07, 6.45) is 2.07. The minimum Gasteiger partial charge on any atom is -0.396 e. The predicted molar refractivity (Wildman–Crippen MR) is 60.7 cm³/mol. The van der Waals surface area contributed by atoms with Gasteiger partial charge in [-0.15, -0.1) is 0 Å². The second-order valence-electron chi connectivity index (χ2n) is 4.79. The lowest BCUT2D eigenvalue weighted by molar-refractivity contribution is -0.0593. The van der Waals surface area contributed by atoms with Gasteiger partial charge in [0.05, 0.1) is 0 Å². The van der Waals surface area contributed by atoms with Crippen LogP contribution in [-0.2, 0) is 0 Å². The first-order chi connectivity index (χ1) is 7.55. The molecule has 16 heavy (non-hydrogen) atoms. The van der Waals surface area contributed by atoms with Crippen LogP contribution in [0.1, 0.15) is 39.5 Å². The van der Waals surface area contributed by atoms with Crippen LogP contribution in [-0.4, -0.2) is 42.2 Å². The maximum atomic E-state index is 12.8. The van der Waals surface area contributed by atoms with E-state index in [2.05, 4.69) is 4.90 Å². The molecule has 2 fully saturated rings. The lowest BCUT2D eigenvalue weighted by atomic mass is 10.0. The third-order valence-electron chi connectivity index (χ3n) is 3.44. The van der Waals surface area contributed by atoms with E-state index in [1.54, 1.807) is 0 Å². The molecule has 1 aliphatic carbocycles. The Balaban J connectivity index is 0.000000606. The molecule has 0 aromatic heterocycles. The summed E-state index contributed by atoms with van der Waals surface area (Å²) in [6, 6.07) is 0. The van der Waals surface area contributed by atoms with Crippen molar-refractivity contribution in [1.82, 2.24) is 4.90 Å². The fourth-order valence-electron chi connectivity index (χ4n) is 2.06. The Bertz CT molecular complexity index is 207. The first kappa shape index (κ1) is 13.8. The average Bonchev–Trinajstić information content (AvgIpc) is 3.05. The van der Waals surface area contributed by atoms with E-state index in [-0.39, 0.29) is 24.9 Å². The van der Waals surface area contributed by atoms with Crippen LogP contribution in [0.4, 0.5) is 8.78 Å². The number of hydrogen-bond acceptors (Lipinski definition) is 2. The predicted octanol–water partition coefficient (Wildman–Crippen LogP) is 2.52. The number of rotatable bonds is 3. The van der Waals surface area contributed by atoms with Gasteiger partial charge in [0, 0.05) is 44.5 Å². The Labute approximate surface area is 96.6 Å². The van der Waals surface area contributed by atoms with Crippen LogP contribution in [0.5, 0.6) is 0 Å². The molecule has 0 aromatic rings. The third kappa shape index (κ3) is 3.67. The number of alkyl halides is 2. The van der Waals surface area contributed by atoms with Crippen molar-refractivity contribution in [2.75, 3.05) is 26.2 Å². The van der Waals surface area contributed by atoms with Gasteiger partial charge in [-0.3, -0.25) is 0 Å². The highest BCUT2D eigenvalue weighted by atomic mass is 19.3. The molecule has 4 heteroatoms. The highest BCUT2D eigenvalue weighted by Crippen LogP contribution is 2.46. The smallest absolute Gasteiger partial charge is 0.250 e. The van der Waals surface area contributed by atoms with E-state index in [0.717, 1.165) is 19.4 Å². The highest BCUT2D eigenvalue weighted by Gasteiger charge is 2.45. The molecular weight excluding hydrogens is 212 g/mol. The van der Waals surface area contributed by atoms with Crippen molar-refractivity contribution in [3.63, 3.8) is 0 Å². The summed E-state index contributed by atoms with van der Waals surface area (Å²) >= 11 is 0. The van der Waals surface area contributed by atoms with Gasteiger partial charge in [-0.05, 0) is 12.8 Å². The molecule has 0 amide bonds. The Morgan fingerprint density at radius 2 is 1.56 bits per heavy atom. The standard InChI is InChI=1S/C10H17F2NO.C2H6/c11-10(12)3-5-13(6-4-10)7-9(8-14)1-2-9;1-2/h14H,1-8H2;1-2H3. The lowest BCUT2D eigenvalue weighted by Gasteiger charge is -2.33. The monoisotopic (exact) mass is 235 g/mol. The number of piperidine rings is 1. The zero-order valence-corrected chi connectivity index (χ0v) is 10.3. The topological polar surface area (TPSA) is 23.5 Å². The quantitative estimate of drug-likeness (QED) is 0.812. The van der Waals surface area contributed by atoms with Gasteiger partial charge in [0.25, 0.3) is 5.92 Å². The van der Waals surface area contributed by atoms with Crippen LogP contribution < -0.4 is 0 Å². The van der Waals surface area contributed by atoms with E-state index in [4.69, 9.17) is 5.11 Å². The Morgan fingerprint density at radius 3 is 1.94 bits per heavy atom. The van der Waals surface area contributed by atoms with Crippen molar-refractivity contribution in [3.8, 4) is 0 Å². The van der Waals surface area contributed by atoms with Gasteiger partial charge in [-0.1, -0.05) is 13.8 Å². The van der Waals surface area contributed by atoms with E-state index in [1.165, 1.54) is 0 Å². The van der Waals surface area contributed by atoms with Crippen molar-refractivity contribution >= 4 is 0 Å². The SMILES string of the molecule is CC.OCC1(CN2CCC(F)(F)CC2)CC1. The zero-order valence-electron chi connectivity index (χ0n) is 10.3. The summed E-state index contributed by atoms with van der Waals surface area (Å²) in [5, 5.41) is 9.12. The van der Waals surface area contributed by atoms with E-state index in [1.807, 2.05) is 13.8 Å². The fourth-order valence-corrected chi connectivity index (χ4v) is 2.06. The van der Waals surface area contributed by atoms with Crippen molar-refractivity contribution in [2.45, 2.75) is 45.5 Å². The molecule has 1 saturated heterocycles. The van der Waals surface area contributed by atoms with Gasteiger partial charge in [-0.25, -0.2) is 8.78 Å². The number of hydrogen-bond donors (Lipinski definition) is 1. The Hall–Kier alpha value is -0.220. The molecule has 0 unspecified atom stereocenters. The summed E-state index contributed by atoms with van der Waals surface area (Å²) in [5.41, 5.74) is 0.0621. The van der Waals surface area contributed by atoms with Crippen LogP contribution in [0.3, 0.4) is 0 Å². The second kappa shape index (κ2) is 5.41. The normalized spacial score (nSPS) is 26.8. The van der Waals surface area contributed by atoms with Crippen LogP contribution in [0.2, 0.25) is 0 Å². The molecule has 1 heterocycles. The van der Waals surface area contributed by atoms with Crippen LogP contribution in [0.25, 0.3) is 0 Å². The molecular formula is C12H23F2NO. The van der Waals surface area contributed by atoms with E-state index < -0.39 is 5.92 Å². The molecule has 1 saturated carbocycles. The first-order valence-corrected chi connectivity index (χ1v) is 6.26. The Morgan fingerprint density at radius 1 is 1.06 bits per heavy atom. The summed E-state index contributed by atoms with van der Waals surface area (Å²) in [5.74, 6) is -2.45. The summed E-state index contributed by atoms with van der Waals surface area (Å²) in [7, 11) is 0. The number of likely N-dealkylation sites (tertiary alicyclic amines) is 1. The minimum absolute atomic E-state index is 0.0193. The lowest BCUT2D eigenvalue weighted by Crippen LogP contribution is -2.42. The second-order valence-corrected chi connectivity index (χ2v) is 4.79. The molecule has 96 valence electrons. The largest absolute Gasteiger partial charge is 0.396 e. The van der Waals surface area contributed by atoms with Gasteiger partial charge in [0.2, 0.25) is 0 Å². The molecule has 0 spiro atoms. The molecule has 2 rings (SSSR count). The van der Waals surface area contributed by atoms with Crippen molar-refractivity contribution in [3.05, 3.63) is 0 Å². The van der Waals surface area contributed by atoms with E-state index in [9.17, 15) is 8.78 Å². The maximum absolute atomic E-state index is 12.8. The van der Waals surface area contributed by atoms with Gasteiger partial charge in [0.1, 0.15) is 0 Å². The molecule has 0 atom stereocenters. The van der Waals surface area contributed by atoms with Crippen molar-refractivity contribution in [1.29, 1.82) is 0 Å². The van der Waals surface area contributed by atoms with Gasteiger partial charge < -0.3 is 10.0 Å². The molecule has 0 aromatic carbocycles. The fraction of sp³-hybridized carbons (Fsp3) is 1.00. The number of aliphatic hydroxyl groups excluding tert-OH is 1. The van der Waals surface area contributed by atoms with Crippen LogP contribution >= 0.6 is 0 Å². The zero-order chi connectivity index (χ0) is 12.2. The molecule has 2 nitrogen and oxygen atoms in total. The van der Waals surface area contributed by atoms with Crippen LogP contribution in [0, 0.1) is 5.41 Å². The summed E-state index contributed by atoms with van der Waals surface area (Å²) in [4.78, 5) is 2.07. The summed E-state index contributed by atoms with van der Waals surface area (Å²) in [6.45, 7) is 5.98. The average molecular weight is 235 g/mol. The molecule has 2 aliphatic rings. The van der Waals surface area contributed by atoms with Crippen LogP contribution in [0.15, 0.2) is 0 Å². The molecule has 1 N–H and O–H groups in total. The Kier molecular flexibility index (Phi) is 4.68. The van der Waals surface area contributed by atoms with Crippen molar-refractivity contribution in [2.24, 2.45) is 5.41 Å². The first-order valence-electron chi connectivity index (χ1n) is 6.26. The molecule has 1 aliphatic heterocycles. The van der Waals surface area contributed by atoms with E-state index >= 15 is 0 Å². The van der Waals surface area contributed by atoms with Crippen molar-refractivity contribution < 1.29 is 13.9 Å². The van der Waals surface area contributed by atoms with E-state index in [0.29, 0.717) is 13.1 Å². The molecule has 0 bridgehead atoms. The highest BCUT2D eigenvalue weighted by molar-refractivity contribution is 4.96. The maximum Gasteiger partial charge on any atom is 0.250 e. The number of halogens is 2. The van der Waals surface area contributed by atoms with Gasteiger partial charge >= 0.3 is 0 Å². The number of nitrogens with zero attached hydrogens (tertiary/aromatic N) is 1. The van der Waals surface area contributed by atoms with Gasteiger partial charge in [-0.2, -0.15) is 0 Å². The van der Waals surface area contributed by atoms with Gasteiger partial charge in [0.15, 0.2) is 0 Å². The molecule has 0 radical (unpaired) electrons. The third-order valence-corrected chi connectivity index (χ3v) is 3.44. The summed E-state index contributed by atoms with van der Waals surface area (Å²) < 4.78 is 25.7.